The highest BCUT2D eigenvalue weighted by molar-refractivity contribution is 7.22. The maximum Gasteiger partial charge on any atom is 0.188 e. The van der Waals surface area contributed by atoms with Crippen molar-refractivity contribution in [3.05, 3.63) is 78.9 Å². The number of hydrogen-bond acceptors (Lipinski definition) is 4. The molecule has 3 nitrogen and oxygen atoms in total. The van der Waals surface area contributed by atoms with E-state index in [1.165, 1.54) is 0 Å². The average Bonchev–Trinajstić information content (AvgIpc) is 2.98. The van der Waals surface area contributed by atoms with Crippen molar-refractivity contribution in [3.63, 3.8) is 0 Å². The van der Waals surface area contributed by atoms with Crippen LogP contribution in [-0.2, 0) is 0 Å². The van der Waals surface area contributed by atoms with Crippen molar-refractivity contribution in [1.29, 1.82) is 0 Å². The van der Waals surface area contributed by atoms with E-state index in [1.54, 1.807) is 11.3 Å². The Morgan fingerprint density at radius 1 is 0.652 bits per heavy atom. The largest absolute Gasteiger partial charge is 0.355 e. The van der Waals surface area contributed by atoms with Gasteiger partial charge >= 0.3 is 0 Å². The highest BCUT2D eigenvalue weighted by Crippen LogP contribution is 2.31. The van der Waals surface area contributed by atoms with Crippen LogP contribution >= 0.6 is 11.3 Å². The Morgan fingerprint density at radius 3 is 2.00 bits per heavy atom. The second-order valence-electron chi connectivity index (χ2n) is 5.18. The maximum atomic E-state index is 4.64. The Morgan fingerprint density at radius 2 is 1.30 bits per heavy atom. The number of hydrogen-bond donors (Lipinski definition) is 2. The van der Waals surface area contributed by atoms with Gasteiger partial charge in [0.1, 0.15) is 0 Å². The molecule has 1 aromatic heterocycles. The lowest BCUT2D eigenvalue weighted by atomic mass is 10.2. The molecule has 0 saturated carbocycles. The van der Waals surface area contributed by atoms with Gasteiger partial charge in [0.2, 0.25) is 0 Å². The summed E-state index contributed by atoms with van der Waals surface area (Å²) >= 11 is 1.65. The van der Waals surface area contributed by atoms with Crippen LogP contribution in [0.4, 0.5) is 22.2 Å². The summed E-state index contributed by atoms with van der Waals surface area (Å²) in [6, 6.07) is 26.5. The minimum atomic E-state index is 0.906. The number of nitrogens with one attached hydrogen (secondary N) is 2. The van der Waals surface area contributed by atoms with Gasteiger partial charge in [-0.05, 0) is 42.5 Å². The molecule has 0 amide bonds. The first-order chi connectivity index (χ1) is 11.4. The van der Waals surface area contributed by atoms with E-state index in [0.29, 0.717) is 0 Å². The van der Waals surface area contributed by atoms with Crippen LogP contribution in [0.3, 0.4) is 0 Å². The number of thiazole rings is 1. The fourth-order valence-electron chi connectivity index (χ4n) is 2.39. The first-order valence-electron chi connectivity index (χ1n) is 7.41. The van der Waals surface area contributed by atoms with Crippen molar-refractivity contribution in [3.8, 4) is 0 Å². The van der Waals surface area contributed by atoms with Gasteiger partial charge in [-0.3, -0.25) is 0 Å². The maximum absolute atomic E-state index is 4.64. The zero-order chi connectivity index (χ0) is 15.5. The summed E-state index contributed by atoms with van der Waals surface area (Å²) in [7, 11) is 0. The quantitative estimate of drug-likeness (QED) is 0.500. The van der Waals surface area contributed by atoms with E-state index in [1.807, 2.05) is 54.6 Å². The lowest BCUT2D eigenvalue weighted by Gasteiger charge is -2.05. The molecular weight excluding hydrogens is 302 g/mol. The number of rotatable bonds is 4. The molecule has 0 unspecified atom stereocenters. The van der Waals surface area contributed by atoms with E-state index in [-0.39, 0.29) is 0 Å². The molecule has 0 aliphatic rings. The molecule has 2 N–H and O–H groups in total. The minimum Gasteiger partial charge on any atom is -0.355 e. The topological polar surface area (TPSA) is 37.0 Å². The van der Waals surface area contributed by atoms with Gasteiger partial charge in [-0.1, -0.05) is 47.7 Å². The summed E-state index contributed by atoms with van der Waals surface area (Å²) in [5.41, 5.74) is 4.21. The molecule has 0 aliphatic carbocycles. The molecule has 0 radical (unpaired) electrons. The van der Waals surface area contributed by atoms with Crippen LogP contribution < -0.4 is 10.6 Å². The molecule has 4 rings (SSSR count). The van der Waals surface area contributed by atoms with Crippen LogP contribution in [0, 0.1) is 0 Å². The monoisotopic (exact) mass is 317 g/mol. The van der Waals surface area contributed by atoms with Crippen molar-refractivity contribution in [2.75, 3.05) is 10.6 Å². The second kappa shape index (κ2) is 6.10. The molecule has 4 heteroatoms. The third-order valence-corrected chi connectivity index (χ3v) is 4.41. The van der Waals surface area contributed by atoms with Gasteiger partial charge in [0.05, 0.1) is 10.2 Å². The first-order valence-corrected chi connectivity index (χ1v) is 8.23. The van der Waals surface area contributed by atoms with Crippen LogP contribution in [0.2, 0.25) is 0 Å². The smallest absolute Gasteiger partial charge is 0.188 e. The molecule has 0 fully saturated rings. The van der Waals surface area contributed by atoms with E-state index in [9.17, 15) is 0 Å². The number of benzene rings is 3. The van der Waals surface area contributed by atoms with Gasteiger partial charge in [-0.25, -0.2) is 4.98 Å². The van der Waals surface area contributed by atoms with Gasteiger partial charge in [0.25, 0.3) is 0 Å². The highest BCUT2D eigenvalue weighted by atomic mass is 32.1. The van der Waals surface area contributed by atoms with E-state index < -0.39 is 0 Å². The predicted octanol–water partition coefficient (Wildman–Crippen LogP) is 5.78. The summed E-state index contributed by atoms with van der Waals surface area (Å²) in [5.74, 6) is 0. The van der Waals surface area contributed by atoms with Gasteiger partial charge < -0.3 is 10.6 Å². The van der Waals surface area contributed by atoms with Crippen molar-refractivity contribution in [1.82, 2.24) is 4.98 Å². The molecule has 0 bridgehead atoms. The van der Waals surface area contributed by atoms with Gasteiger partial charge in [0.15, 0.2) is 5.13 Å². The van der Waals surface area contributed by atoms with E-state index in [2.05, 4.69) is 39.9 Å². The number of aromatic nitrogens is 1. The van der Waals surface area contributed by atoms with Crippen LogP contribution in [0.15, 0.2) is 78.9 Å². The molecule has 0 saturated heterocycles. The molecule has 0 atom stereocenters. The molecule has 0 aliphatic heterocycles. The van der Waals surface area contributed by atoms with E-state index in [4.69, 9.17) is 0 Å². The van der Waals surface area contributed by atoms with Crippen molar-refractivity contribution in [2.45, 2.75) is 0 Å². The van der Waals surface area contributed by atoms with Crippen molar-refractivity contribution < 1.29 is 0 Å². The lowest BCUT2D eigenvalue weighted by Crippen LogP contribution is -1.88. The summed E-state index contributed by atoms with van der Waals surface area (Å²) < 4.78 is 1.16. The van der Waals surface area contributed by atoms with Crippen LogP contribution in [0.5, 0.6) is 0 Å². The van der Waals surface area contributed by atoms with Crippen LogP contribution in [-0.4, -0.2) is 4.98 Å². The third-order valence-electron chi connectivity index (χ3n) is 3.48. The van der Waals surface area contributed by atoms with Gasteiger partial charge in [0, 0.05) is 17.1 Å². The average molecular weight is 317 g/mol. The Labute approximate surface area is 138 Å². The van der Waals surface area contributed by atoms with Crippen LogP contribution in [0.1, 0.15) is 0 Å². The Balaban J connectivity index is 1.59. The summed E-state index contributed by atoms with van der Waals surface area (Å²) in [5, 5.41) is 7.67. The lowest BCUT2D eigenvalue weighted by molar-refractivity contribution is 1.44. The second-order valence-corrected chi connectivity index (χ2v) is 6.21. The predicted molar refractivity (Wildman–Crippen MR) is 99.1 cm³/mol. The molecule has 4 aromatic rings. The number of para-hydroxylation sites is 2. The zero-order valence-corrected chi connectivity index (χ0v) is 13.2. The van der Waals surface area contributed by atoms with E-state index in [0.717, 1.165) is 32.4 Å². The summed E-state index contributed by atoms with van der Waals surface area (Å²) in [6.45, 7) is 0. The molecular formula is C19H15N3S. The van der Waals surface area contributed by atoms with Crippen molar-refractivity contribution in [2.24, 2.45) is 0 Å². The summed E-state index contributed by atoms with van der Waals surface area (Å²) in [4.78, 5) is 4.64. The minimum absolute atomic E-state index is 0.906. The van der Waals surface area contributed by atoms with Gasteiger partial charge in [-0.2, -0.15) is 0 Å². The van der Waals surface area contributed by atoms with E-state index >= 15 is 0 Å². The fourth-order valence-corrected chi connectivity index (χ4v) is 3.31. The van der Waals surface area contributed by atoms with Gasteiger partial charge in [-0.15, -0.1) is 0 Å². The molecule has 3 aromatic carbocycles. The molecule has 23 heavy (non-hydrogen) atoms. The molecule has 0 spiro atoms. The zero-order valence-electron chi connectivity index (χ0n) is 12.4. The van der Waals surface area contributed by atoms with Crippen LogP contribution in [0.25, 0.3) is 10.2 Å². The number of anilines is 4. The SMILES string of the molecule is c1ccc(Nc2ccc3nc(Nc4ccccc4)sc3c2)cc1. The molecule has 112 valence electrons. The standard InChI is InChI=1S/C19H15N3S/c1-3-7-14(8-4-1)20-16-11-12-17-18(13-16)23-19(22-17)21-15-9-5-2-6-10-15/h1-13,20H,(H,21,22). The highest BCUT2D eigenvalue weighted by Gasteiger charge is 2.05. The third kappa shape index (κ3) is 3.17. The Kier molecular flexibility index (Phi) is 3.66. The summed E-state index contributed by atoms with van der Waals surface area (Å²) in [6.07, 6.45) is 0. The van der Waals surface area contributed by atoms with Crippen molar-refractivity contribution >= 4 is 43.7 Å². The Bertz CT molecular complexity index is 878. The fraction of sp³-hybridized carbons (Fsp3) is 0. The first kappa shape index (κ1) is 13.8. The normalized spacial score (nSPS) is 10.6. The number of fused-ring (bicyclic) bond motifs is 1. The molecule has 1 heterocycles. The Hall–Kier alpha value is -2.85. The number of nitrogens with zero attached hydrogens (tertiary/aromatic N) is 1.